The van der Waals surface area contributed by atoms with Crippen LogP contribution in [0.4, 0.5) is 19.4 Å². The number of pyridine rings is 1. The van der Waals surface area contributed by atoms with Gasteiger partial charge in [-0.05, 0) is 81.3 Å². The molecule has 8 heterocycles. The molecule has 4 aromatic heterocycles. The highest BCUT2D eigenvalue weighted by Gasteiger charge is 2.49. The monoisotopic (exact) mass is 921 g/mol. The standard InChI is InChI=1S/C45H58ClF2N9O6Si/c1-44(2,3)64(4,5)62-18-8-10-31-34(46)20-35-32(23-51-57(35)36-11-6-7-17-60-36)37(31)40-38(48)39-33(22-50-40)41(53-42(52-39)61-27-45-12-9-14-56(45)24-29(47)21-45)54-16-19-59-26-30(25-54)63-43(58)55-15-13-49-28-55/h13,15,20,22-23,28-30,36H,6-12,14,16-19,21,24-27H2,1-5H3/t29-,30+,36?,45+/m1/s1. The molecule has 19 heteroatoms. The summed E-state index contributed by atoms with van der Waals surface area (Å²) in [6.45, 7) is 14.4. The molecule has 1 unspecified atom stereocenters. The number of fused-ring (bicyclic) bond motifs is 3. The van der Waals surface area contributed by atoms with E-state index in [0.29, 0.717) is 78.3 Å². The summed E-state index contributed by atoms with van der Waals surface area (Å²) in [6, 6.07) is 1.84. The second-order valence-electron chi connectivity index (χ2n) is 19.1. The zero-order valence-corrected chi connectivity index (χ0v) is 39.1. The molecular formula is C45H58ClF2N9O6Si. The van der Waals surface area contributed by atoms with Gasteiger partial charge in [-0.2, -0.15) is 15.1 Å². The van der Waals surface area contributed by atoms with Crippen LogP contribution in [-0.4, -0.2) is 131 Å². The fourth-order valence-corrected chi connectivity index (χ4v) is 10.8. The van der Waals surface area contributed by atoms with Gasteiger partial charge in [0.25, 0.3) is 0 Å². The molecule has 4 aliphatic rings. The Balaban J connectivity index is 1.14. The molecule has 4 aliphatic heterocycles. The van der Waals surface area contributed by atoms with Crippen molar-refractivity contribution in [3.05, 3.63) is 53.6 Å². The Kier molecular flexibility index (Phi) is 12.7. The number of ether oxygens (including phenoxy) is 4. The normalized spacial score (nSPS) is 23.5. The van der Waals surface area contributed by atoms with Crippen molar-refractivity contribution in [3.8, 4) is 17.3 Å². The summed E-state index contributed by atoms with van der Waals surface area (Å²) in [5, 5.41) is 6.32. The lowest BCUT2D eigenvalue weighted by molar-refractivity contribution is -0.0366. The molecule has 15 nitrogen and oxygen atoms in total. The maximum Gasteiger partial charge on any atom is 0.419 e. The highest BCUT2D eigenvalue weighted by atomic mass is 35.5. The summed E-state index contributed by atoms with van der Waals surface area (Å²) >= 11 is 7.25. The van der Waals surface area contributed by atoms with Crippen LogP contribution in [0.25, 0.3) is 33.1 Å². The van der Waals surface area contributed by atoms with Gasteiger partial charge in [-0.3, -0.25) is 9.88 Å². The Bertz CT molecular complexity index is 2480. The number of imidazole rings is 1. The van der Waals surface area contributed by atoms with Gasteiger partial charge < -0.3 is 28.3 Å². The molecule has 9 rings (SSSR count). The number of carbonyl (C=O) groups is 1. The topological polar surface area (TPSA) is 144 Å². The first-order valence-electron chi connectivity index (χ1n) is 22.6. The summed E-state index contributed by atoms with van der Waals surface area (Å²) in [7, 11) is -2.03. The van der Waals surface area contributed by atoms with E-state index >= 15 is 4.39 Å². The zero-order valence-electron chi connectivity index (χ0n) is 37.3. The van der Waals surface area contributed by atoms with Crippen LogP contribution in [0.1, 0.15) is 77.5 Å². The van der Waals surface area contributed by atoms with Crippen LogP contribution < -0.4 is 9.64 Å². The van der Waals surface area contributed by atoms with E-state index in [9.17, 15) is 9.18 Å². The lowest BCUT2D eigenvalue weighted by Crippen LogP contribution is -2.43. The number of aromatic nitrogens is 7. The maximum absolute atomic E-state index is 17.9. The van der Waals surface area contributed by atoms with E-state index < -0.39 is 38.0 Å². The second kappa shape index (κ2) is 18.2. The summed E-state index contributed by atoms with van der Waals surface area (Å²) in [6.07, 6.45) is 11.1. The Morgan fingerprint density at radius 3 is 2.73 bits per heavy atom. The van der Waals surface area contributed by atoms with Crippen molar-refractivity contribution in [1.29, 1.82) is 0 Å². The van der Waals surface area contributed by atoms with E-state index in [-0.39, 0.29) is 54.9 Å². The molecule has 4 fully saturated rings. The summed E-state index contributed by atoms with van der Waals surface area (Å²) in [4.78, 5) is 35.5. The van der Waals surface area contributed by atoms with Crippen molar-refractivity contribution in [2.45, 2.75) is 114 Å². The molecule has 5 aromatic rings. The zero-order chi connectivity index (χ0) is 44.8. The van der Waals surface area contributed by atoms with Crippen LogP contribution in [0.3, 0.4) is 0 Å². The van der Waals surface area contributed by atoms with Gasteiger partial charge >= 0.3 is 12.1 Å². The molecule has 1 aromatic carbocycles. The fraction of sp³-hybridized carbons (Fsp3) is 0.600. The maximum atomic E-state index is 17.9. The van der Waals surface area contributed by atoms with Crippen molar-refractivity contribution in [1.82, 2.24) is 39.2 Å². The average Bonchev–Trinajstić information content (AvgIpc) is 4.05. The molecule has 344 valence electrons. The SMILES string of the molecule is CC(C)(C)[Si](C)(C)OCCCc1c(Cl)cc2c(cnn2C2CCCCO2)c1-c1ncc2c(N3CCOC[C@@H](OC(=O)n4ccnc4)C3)nc(OC[C@@]34CCCN3C[C@H](F)C4)nc2c1F. The predicted octanol–water partition coefficient (Wildman–Crippen LogP) is 8.53. The van der Waals surface area contributed by atoms with Crippen molar-refractivity contribution in [3.63, 3.8) is 0 Å². The smallest absolute Gasteiger partial charge is 0.419 e. The van der Waals surface area contributed by atoms with Gasteiger partial charge in [0.05, 0.1) is 42.4 Å². The number of nitrogens with zero attached hydrogens (tertiary/aromatic N) is 9. The van der Waals surface area contributed by atoms with Crippen molar-refractivity contribution in [2.24, 2.45) is 0 Å². The Hall–Kier alpha value is -4.33. The minimum absolute atomic E-state index is 0.0129. The number of anilines is 1. The molecule has 4 saturated heterocycles. The average molecular weight is 923 g/mol. The molecule has 0 radical (unpaired) electrons. The minimum atomic E-state index is -2.03. The van der Waals surface area contributed by atoms with Gasteiger partial charge in [0.15, 0.2) is 20.4 Å². The van der Waals surface area contributed by atoms with E-state index in [1.807, 2.05) is 15.6 Å². The van der Waals surface area contributed by atoms with E-state index in [0.717, 1.165) is 44.2 Å². The minimum Gasteiger partial charge on any atom is -0.461 e. The highest BCUT2D eigenvalue weighted by Crippen LogP contribution is 2.44. The molecule has 4 atom stereocenters. The molecule has 0 spiro atoms. The number of carbonyl (C=O) groups excluding carboxylic acids is 1. The lowest BCUT2D eigenvalue weighted by atomic mass is 9.95. The van der Waals surface area contributed by atoms with Crippen molar-refractivity contribution in [2.75, 3.05) is 64.1 Å². The summed E-state index contributed by atoms with van der Waals surface area (Å²) in [5.74, 6) is -0.348. The van der Waals surface area contributed by atoms with Gasteiger partial charge in [-0.15, -0.1) is 0 Å². The number of halogens is 3. The largest absolute Gasteiger partial charge is 0.461 e. The molecular weight excluding hydrogens is 864 g/mol. The Morgan fingerprint density at radius 1 is 1.09 bits per heavy atom. The van der Waals surface area contributed by atoms with E-state index in [1.54, 1.807) is 12.4 Å². The first-order chi connectivity index (χ1) is 30.7. The third kappa shape index (κ3) is 8.85. The quantitative estimate of drug-likeness (QED) is 0.0872. The second-order valence-corrected chi connectivity index (χ2v) is 24.4. The third-order valence-electron chi connectivity index (χ3n) is 13.9. The van der Waals surface area contributed by atoms with E-state index in [2.05, 4.69) is 43.7 Å². The number of hydrogen-bond acceptors (Lipinski definition) is 13. The summed E-state index contributed by atoms with van der Waals surface area (Å²) in [5.41, 5.74) is 1.51. The van der Waals surface area contributed by atoms with Crippen LogP contribution in [-0.2, 0) is 25.1 Å². The Morgan fingerprint density at radius 2 is 1.95 bits per heavy atom. The molecule has 0 saturated carbocycles. The van der Waals surface area contributed by atoms with Crippen LogP contribution >= 0.6 is 11.6 Å². The Labute approximate surface area is 377 Å². The molecule has 0 amide bonds. The third-order valence-corrected chi connectivity index (χ3v) is 18.7. The van der Waals surface area contributed by atoms with Crippen molar-refractivity contribution >= 4 is 53.6 Å². The molecule has 64 heavy (non-hydrogen) atoms. The highest BCUT2D eigenvalue weighted by molar-refractivity contribution is 6.74. The van der Waals surface area contributed by atoms with Gasteiger partial charge in [-0.25, -0.2) is 27.8 Å². The number of hydrogen-bond donors (Lipinski definition) is 0. The van der Waals surface area contributed by atoms with Crippen LogP contribution in [0.2, 0.25) is 23.2 Å². The number of alkyl halides is 1. The molecule has 0 N–H and O–H groups in total. The van der Waals surface area contributed by atoms with E-state index in [1.165, 1.54) is 23.3 Å². The number of benzene rings is 1. The lowest BCUT2D eigenvalue weighted by Gasteiger charge is -2.36. The fourth-order valence-electron chi connectivity index (χ4n) is 9.41. The predicted molar refractivity (Wildman–Crippen MR) is 241 cm³/mol. The van der Waals surface area contributed by atoms with Gasteiger partial charge in [0, 0.05) is 67.3 Å². The van der Waals surface area contributed by atoms with Crippen LogP contribution in [0.15, 0.2) is 37.2 Å². The van der Waals surface area contributed by atoms with Gasteiger partial charge in [0.1, 0.15) is 42.2 Å². The van der Waals surface area contributed by atoms with Gasteiger partial charge in [-0.1, -0.05) is 32.4 Å². The van der Waals surface area contributed by atoms with Crippen molar-refractivity contribution < 1.29 is 36.9 Å². The summed E-state index contributed by atoms with van der Waals surface area (Å²) < 4.78 is 66.8. The van der Waals surface area contributed by atoms with Crippen LogP contribution in [0.5, 0.6) is 6.01 Å². The van der Waals surface area contributed by atoms with E-state index in [4.69, 9.17) is 55.0 Å². The first-order valence-corrected chi connectivity index (χ1v) is 25.8. The van der Waals surface area contributed by atoms with Gasteiger partial charge in [0.2, 0.25) is 0 Å². The molecule has 0 bridgehead atoms. The number of rotatable bonds is 12. The molecule has 0 aliphatic carbocycles. The van der Waals surface area contributed by atoms with Crippen LogP contribution in [0, 0.1) is 5.82 Å². The first kappa shape index (κ1) is 44.9.